The van der Waals surface area contributed by atoms with Crippen LogP contribution in [-0.2, 0) is 25.9 Å². The van der Waals surface area contributed by atoms with Crippen molar-refractivity contribution in [2.45, 2.75) is 6.92 Å². The zero-order chi connectivity index (χ0) is 6.99. The molecule has 0 saturated carbocycles. The molecule has 0 rings (SSSR count). The van der Waals surface area contributed by atoms with Crippen molar-refractivity contribution in [2.75, 3.05) is 7.11 Å². The molecule has 0 atom stereocenters. The SMILES string of the molecule is C[CH-]C(=O)OC.[Zn+][Br]. The zero-order valence-corrected chi connectivity index (χ0v) is 9.53. The molecule has 0 spiro atoms. The van der Waals surface area contributed by atoms with Gasteiger partial charge in [0.05, 0.1) is 7.11 Å². The van der Waals surface area contributed by atoms with Gasteiger partial charge in [-0.3, -0.25) is 11.2 Å². The molecule has 0 unspecified atom stereocenters. The minimum absolute atomic E-state index is 0.282. The van der Waals surface area contributed by atoms with E-state index in [9.17, 15) is 4.79 Å². The Balaban J connectivity index is 0. The van der Waals surface area contributed by atoms with E-state index >= 15 is 0 Å². The Morgan fingerprint density at radius 1 is 1.75 bits per heavy atom. The third-order valence-electron chi connectivity index (χ3n) is 0.437. The average Bonchev–Trinajstić information content (AvgIpc) is 1.91. The van der Waals surface area contributed by atoms with Crippen molar-refractivity contribution in [2.24, 2.45) is 0 Å². The number of halogens is 1. The third-order valence-corrected chi connectivity index (χ3v) is 0.437. The van der Waals surface area contributed by atoms with Crippen LogP contribution in [-0.4, -0.2) is 13.1 Å². The van der Waals surface area contributed by atoms with Gasteiger partial charge in [-0.25, -0.2) is 0 Å². The molecule has 0 amide bonds. The molecule has 0 saturated heterocycles. The number of hydrogen-bond donors (Lipinski definition) is 0. The molecule has 0 bridgehead atoms. The number of carbonyl (C=O) groups is 1. The van der Waals surface area contributed by atoms with Gasteiger partial charge >= 0.3 is 30.0 Å². The second-order valence-corrected chi connectivity index (χ2v) is 0.812. The number of ether oxygens (including phenoxy) is 1. The van der Waals surface area contributed by atoms with Crippen molar-refractivity contribution in [3.05, 3.63) is 6.42 Å². The topological polar surface area (TPSA) is 26.3 Å². The average molecular weight is 232 g/mol. The summed E-state index contributed by atoms with van der Waals surface area (Å²) in [6, 6.07) is 0. The van der Waals surface area contributed by atoms with Crippen LogP contribution in [0.4, 0.5) is 0 Å². The number of esters is 1. The van der Waals surface area contributed by atoms with Gasteiger partial charge in [0.2, 0.25) is 0 Å². The fourth-order valence-corrected chi connectivity index (χ4v) is 0.118. The van der Waals surface area contributed by atoms with Crippen LogP contribution in [0.5, 0.6) is 0 Å². The Labute approximate surface area is 66.0 Å². The molecular formula is C4H7BrO2Zn. The van der Waals surface area contributed by atoms with Crippen LogP contribution in [0.15, 0.2) is 0 Å². The van der Waals surface area contributed by atoms with E-state index in [-0.39, 0.29) is 5.97 Å². The molecule has 8 heavy (non-hydrogen) atoms. The third kappa shape index (κ3) is 9.67. The van der Waals surface area contributed by atoms with Crippen LogP contribution < -0.4 is 0 Å². The Kier molecular flexibility index (Phi) is 14.7. The summed E-state index contributed by atoms with van der Waals surface area (Å²) in [6.45, 7) is 1.63. The van der Waals surface area contributed by atoms with Gasteiger partial charge in [0.25, 0.3) is 0 Å². The van der Waals surface area contributed by atoms with E-state index in [0.29, 0.717) is 0 Å². The van der Waals surface area contributed by atoms with Crippen LogP contribution in [0.1, 0.15) is 6.92 Å². The van der Waals surface area contributed by atoms with Gasteiger partial charge in [0.15, 0.2) is 5.97 Å². The number of methoxy groups -OCH3 is 1. The number of carbonyl (C=O) groups excluding carboxylic acids is 1. The molecule has 0 aromatic carbocycles. The summed E-state index contributed by atoms with van der Waals surface area (Å²) in [5.41, 5.74) is 0. The van der Waals surface area contributed by atoms with Gasteiger partial charge in [0.1, 0.15) is 0 Å². The van der Waals surface area contributed by atoms with Crippen LogP contribution in [0.25, 0.3) is 0 Å². The molecular weight excluding hydrogens is 225 g/mol. The van der Waals surface area contributed by atoms with E-state index in [1.165, 1.54) is 29.9 Å². The summed E-state index contributed by atoms with van der Waals surface area (Å²) in [7, 11) is 1.35. The monoisotopic (exact) mass is 230 g/mol. The summed E-state index contributed by atoms with van der Waals surface area (Å²) >= 11 is 4.25. The van der Waals surface area contributed by atoms with Gasteiger partial charge in [-0.1, -0.05) is 0 Å². The van der Waals surface area contributed by atoms with E-state index in [4.69, 9.17) is 0 Å². The van der Waals surface area contributed by atoms with Gasteiger partial charge < -0.3 is 4.74 Å². The van der Waals surface area contributed by atoms with Crippen molar-refractivity contribution < 1.29 is 25.9 Å². The van der Waals surface area contributed by atoms with E-state index in [1.807, 2.05) is 0 Å². The first-order chi connectivity index (χ1) is 3.81. The van der Waals surface area contributed by atoms with Gasteiger partial charge in [0, 0.05) is 0 Å². The van der Waals surface area contributed by atoms with Crippen molar-refractivity contribution in [1.82, 2.24) is 0 Å². The molecule has 0 fully saturated rings. The number of hydrogen-bond acceptors (Lipinski definition) is 2. The standard InChI is InChI=1S/C4H7O2.BrH.Zn/c1-3-4(5)6-2;;/h3H,1-2H3;1H;/q-1;;+2/p-1. The molecule has 0 aromatic heterocycles. The molecule has 0 radical (unpaired) electrons. The van der Waals surface area contributed by atoms with Crippen LogP contribution in [0.2, 0.25) is 0 Å². The Hall–Kier alpha value is 0.443. The van der Waals surface area contributed by atoms with Gasteiger partial charge in [-0.05, 0) is 0 Å². The quantitative estimate of drug-likeness (QED) is 0.386. The molecule has 0 aliphatic rings. The van der Waals surface area contributed by atoms with Crippen molar-refractivity contribution in [1.29, 1.82) is 0 Å². The predicted octanol–water partition coefficient (Wildman–Crippen LogP) is 1.23. The maximum absolute atomic E-state index is 9.90. The first kappa shape index (κ1) is 11.3. The molecule has 0 heterocycles. The van der Waals surface area contributed by atoms with Crippen LogP contribution in [0, 0.1) is 6.42 Å². The first-order valence-electron chi connectivity index (χ1n) is 1.95. The fraction of sp³-hybridized carbons (Fsp3) is 0.500. The van der Waals surface area contributed by atoms with Gasteiger partial charge in [-0.2, -0.15) is 6.92 Å². The second-order valence-electron chi connectivity index (χ2n) is 0.812. The summed E-state index contributed by atoms with van der Waals surface area (Å²) in [5.74, 6) is -0.282. The molecule has 0 N–H and O–H groups in total. The molecule has 4 heteroatoms. The Bertz CT molecular complexity index is 52.0. The number of rotatable bonds is 1. The van der Waals surface area contributed by atoms with Crippen molar-refractivity contribution >= 4 is 19.6 Å². The van der Waals surface area contributed by atoms with Crippen molar-refractivity contribution in [3.63, 3.8) is 0 Å². The van der Waals surface area contributed by atoms with Crippen LogP contribution >= 0.6 is 13.6 Å². The van der Waals surface area contributed by atoms with E-state index in [1.54, 1.807) is 6.92 Å². The van der Waals surface area contributed by atoms with E-state index < -0.39 is 0 Å². The molecule has 0 aromatic rings. The maximum atomic E-state index is 9.90. The molecule has 2 nitrogen and oxygen atoms in total. The van der Waals surface area contributed by atoms with Crippen molar-refractivity contribution in [3.8, 4) is 0 Å². The molecule has 0 aliphatic carbocycles. The molecule has 0 aliphatic heterocycles. The summed E-state index contributed by atoms with van der Waals surface area (Å²) in [5, 5.41) is 0. The minimum atomic E-state index is -0.282. The van der Waals surface area contributed by atoms with E-state index in [2.05, 4.69) is 18.4 Å². The Morgan fingerprint density at radius 3 is 2.12 bits per heavy atom. The van der Waals surface area contributed by atoms with Crippen LogP contribution in [0.3, 0.4) is 0 Å². The van der Waals surface area contributed by atoms with Gasteiger partial charge in [-0.15, -0.1) is 0 Å². The summed E-state index contributed by atoms with van der Waals surface area (Å²) in [6.07, 6.45) is 1.36. The normalized spacial score (nSPS) is 6.12. The second kappa shape index (κ2) is 10.4. The summed E-state index contributed by atoms with van der Waals surface area (Å²) < 4.78 is 4.20. The predicted molar refractivity (Wildman–Crippen MR) is 30.9 cm³/mol. The van der Waals surface area contributed by atoms with E-state index in [0.717, 1.165) is 0 Å². The fourth-order valence-electron chi connectivity index (χ4n) is 0.118. The molecule has 44 valence electrons. The first-order valence-corrected chi connectivity index (χ1v) is 8.90. The summed E-state index contributed by atoms with van der Waals surface area (Å²) in [4.78, 5) is 9.90. The zero-order valence-electron chi connectivity index (χ0n) is 4.98. The Morgan fingerprint density at radius 2 is 2.12 bits per heavy atom.